The third-order valence-corrected chi connectivity index (χ3v) is 3.29. The monoisotopic (exact) mass is 265 g/mol. The van der Waals surface area contributed by atoms with E-state index in [1.807, 2.05) is 48.5 Å². The van der Waals surface area contributed by atoms with Gasteiger partial charge in [-0.1, -0.05) is 42.5 Å². The lowest BCUT2D eigenvalue weighted by Gasteiger charge is -2.07. The molecule has 0 radical (unpaired) electrons. The van der Waals surface area contributed by atoms with Gasteiger partial charge < -0.3 is 9.72 Å². The number of fused-ring (bicyclic) bond motifs is 1. The van der Waals surface area contributed by atoms with Crippen LogP contribution in [0.15, 0.2) is 54.7 Å². The van der Waals surface area contributed by atoms with Crippen molar-refractivity contribution in [3.8, 4) is 5.75 Å². The van der Waals surface area contributed by atoms with Gasteiger partial charge in [-0.3, -0.25) is 4.79 Å². The fourth-order valence-corrected chi connectivity index (χ4v) is 2.27. The van der Waals surface area contributed by atoms with Crippen molar-refractivity contribution in [1.82, 2.24) is 4.98 Å². The molecule has 3 aromatic rings. The molecule has 0 aliphatic heterocycles. The summed E-state index contributed by atoms with van der Waals surface area (Å²) in [6.45, 7) is 2.08. The predicted octanol–water partition coefficient (Wildman–Crippen LogP) is 3.95. The molecule has 0 unspecified atom stereocenters. The van der Waals surface area contributed by atoms with Crippen LogP contribution in [0.25, 0.3) is 10.9 Å². The average Bonchev–Trinajstić information content (AvgIpc) is 2.91. The van der Waals surface area contributed by atoms with Gasteiger partial charge in [-0.2, -0.15) is 0 Å². The molecule has 1 heterocycles. The smallest absolute Gasteiger partial charge is 0.161 e. The molecule has 3 heteroatoms. The van der Waals surface area contributed by atoms with Gasteiger partial charge in [-0.05, 0) is 18.6 Å². The van der Waals surface area contributed by atoms with E-state index in [9.17, 15) is 4.79 Å². The molecule has 2 aromatic carbocycles. The minimum absolute atomic E-state index is 0.0523. The van der Waals surface area contributed by atoms with Crippen molar-refractivity contribution in [2.75, 3.05) is 0 Å². The Morgan fingerprint density at radius 3 is 2.65 bits per heavy atom. The molecule has 0 spiro atoms. The molecule has 0 amide bonds. The zero-order chi connectivity index (χ0) is 13.9. The predicted molar refractivity (Wildman–Crippen MR) is 79.1 cm³/mol. The highest BCUT2D eigenvalue weighted by molar-refractivity contribution is 6.07. The number of aromatic nitrogens is 1. The Kier molecular flexibility index (Phi) is 3.25. The molecular formula is C17H15NO2. The summed E-state index contributed by atoms with van der Waals surface area (Å²) in [6, 6.07) is 15.7. The Labute approximate surface area is 117 Å². The van der Waals surface area contributed by atoms with Crippen molar-refractivity contribution >= 4 is 16.7 Å². The first kappa shape index (κ1) is 12.5. The van der Waals surface area contributed by atoms with Crippen LogP contribution in [0.1, 0.15) is 22.8 Å². The number of aromatic amines is 1. The molecule has 3 nitrogen and oxygen atoms in total. The van der Waals surface area contributed by atoms with Crippen LogP contribution in [-0.2, 0) is 6.61 Å². The number of benzene rings is 2. The zero-order valence-electron chi connectivity index (χ0n) is 11.2. The van der Waals surface area contributed by atoms with Crippen molar-refractivity contribution in [3.63, 3.8) is 0 Å². The Hall–Kier alpha value is -2.55. The quantitative estimate of drug-likeness (QED) is 0.726. The number of H-pyrrole nitrogens is 1. The van der Waals surface area contributed by atoms with E-state index >= 15 is 0 Å². The third kappa shape index (κ3) is 2.30. The van der Waals surface area contributed by atoms with Crippen LogP contribution >= 0.6 is 0 Å². The lowest BCUT2D eigenvalue weighted by atomic mass is 10.1. The average molecular weight is 265 g/mol. The van der Waals surface area contributed by atoms with E-state index < -0.39 is 0 Å². The van der Waals surface area contributed by atoms with Crippen LogP contribution in [0, 0.1) is 0 Å². The fourth-order valence-electron chi connectivity index (χ4n) is 2.27. The van der Waals surface area contributed by atoms with Gasteiger partial charge in [0.2, 0.25) is 0 Å². The van der Waals surface area contributed by atoms with Crippen LogP contribution < -0.4 is 4.74 Å². The summed E-state index contributed by atoms with van der Waals surface area (Å²) in [5.41, 5.74) is 2.68. The van der Waals surface area contributed by atoms with Crippen LogP contribution in [0.3, 0.4) is 0 Å². The van der Waals surface area contributed by atoms with E-state index in [1.54, 1.807) is 13.1 Å². The molecule has 0 saturated carbocycles. The maximum absolute atomic E-state index is 11.6. The van der Waals surface area contributed by atoms with Crippen LogP contribution in [0.5, 0.6) is 5.75 Å². The third-order valence-electron chi connectivity index (χ3n) is 3.29. The van der Waals surface area contributed by atoms with Crippen molar-refractivity contribution in [2.45, 2.75) is 13.5 Å². The number of rotatable bonds is 4. The highest BCUT2D eigenvalue weighted by Crippen LogP contribution is 2.28. The summed E-state index contributed by atoms with van der Waals surface area (Å²) in [7, 11) is 0. The Morgan fingerprint density at radius 2 is 1.90 bits per heavy atom. The first-order chi connectivity index (χ1) is 9.75. The number of ether oxygens (including phenoxy) is 1. The van der Waals surface area contributed by atoms with Gasteiger partial charge in [0, 0.05) is 17.1 Å². The Morgan fingerprint density at radius 1 is 1.10 bits per heavy atom. The van der Waals surface area contributed by atoms with Gasteiger partial charge >= 0.3 is 0 Å². The van der Waals surface area contributed by atoms with Gasteiger partial charge in [-0.25, -0.2) is 0 Å². The summed E-state index contributed by atoms with van der Waals surface area (Å²) >= 11 is 0. The SMILES string of the molecule is CC(=O)c1c[nH]c2c(OCc3ccccc3)cccc12. The molecule has 0 saturated heterocycles. The molecule has 0 atom stereocenters. The number of hydrogen-bond donors (Lipinski definition) is 1. The standard InChI is InChI=1S/C17H15NO2/c1-12(19)15-10-18-17-14(15)8-5-9-16(17)20-11-13-6-3-2-4-7-13/h2-10,18H,11H2,1H3. The molecule has 0 aliphatic rings. The van der Waals surface area contributed by atoms with Crippen LogP contribution in [0.4, 0.5) is 0 Å². The zero-order valence-corrected chi connectivity index (χ0v) is 11.2. The maximum atomic E-state index is 11.6. The number of para-hydroxylation sites is 1. The first-order valence-corrected chi connectivity index (χ1v) is 6.53. The minimum atomic E-state index is 0.0523. The molecule has 20 heavy (non-hydrogen) atoms. The molecule has 1 N–H and O–H groups in total. The number of carbonyl (C=O) groups excluding carboxylic acids is 1. The van der Waals surface area contributed by atoms with E-state index in [-0.39, 0.29) is 5.78 Å². The second-order valence-corrected chi connectivity index (χ2v) is 4.71. The maximum Gasteiger partial charge on any atom is 0.161 e. The summed E-state index contributed by atoms with van der Waals surface area (Å²) in [5.74, 6) is 0.815. The summed E-state index contributed by atoms with van der Waals surface area (Å²) in [4.78, 5) is 14.7. The number of hydrogen-bond acceptors (Lipinski definition) is 2. The van der Waals surface area contributed by atoms with E-state index in [2.05, 4.69) is 4.98 Å². The van der Waals surface area contributed by atoms with Crippen LogP contribution in [-0.4, -0.2) is 10.8 Å². The van der Waals surface area contributed by atoms with Gasteiger partial charge in [0.05, 0.1) is 5.52 Å². The Balaban J connectivity index is 1.90. The minimum Gasteiger partial charge on any atom is -0.487 e. The second-order valence-electron chi connectivity index (χ2n) is 4.71. The molecule has 3 rings (SSSR count). The van der Waals surface area contributed by atoms with E-state index in [1.165, 1.54) is 0 Å². The largest absolute Gasteiger partial charge is 0.487 e. The summed E-state index contributed by atoms with van der Waals surface area (Å²) in [6.07, 6.45) is 1.74. The highest BCUT2D eigenvalue weighted by Gasteiger charge is 2.11. The lowest BCUT2D eigenvalue weighted by Crippen LogP contribution is -1.95. The van der Waals surface area contributed by atoms with E-state index in [4.69, 9.17) is 4.74 Å². The number of carbonyl (C=O) groups is 1. The van der Waals surface area contributed by atoms with Gasteiger partial charge in [-0.15, -0.1) is 0 Å². The van der Waals surface area contributed by atoms with Crippen molar-refractivity contribution in [2.24, 2.45) is 0 Å². The van der Waals surface area contributed by atoms with Crippen LogP contribution in [0.2, 0.25) is 0 Å². The number of ketones is 1. The Bertz CT molecular complexity index is 744. The van der Waals surface area contributed by atoms with Crippen molar-refractivity contribution < 1.29 is 9.53 Å². The molecule has 100 valence electrons. The summed E-state index contributed by atoms with van der Waals surface area (Å²) < 4.78 is 5.86. The summed E-state index contributed by atoms with van der Waals surface area (Å²) in [5, 5.41) is 0.906. The lowest BCUT2D eigenvalue weighted by molar-refractivity contribution is 0.101. The molecule has 1 aromatic heterocycles. The van der Waals surface area contributed by atoms with Crippen molar-refractivity contribution in [1.29, 1.82) is 0 Å². The molecule has 0 aliphatic carbocycles. The molecule has 0 fully saturated rings. The fraction of sp³-hybridized carbons (Fsp3) is 0.118. The van der Waals surface area contributed by atoms with Gasteiger partial charge in [0.1, 0.15) is 12.4 Å². The number of nitrogens with one attached hydrogen (secondary N) is 1. The second kappa shape index (κ2) is 5.21. The molecule has 0 bridgehead atoms. The van der Waals surface area contributed by atoms with E-state index in [0.717, 1.165) is 22.2 Å². The highest BCUT2D eigenvalue weighted by atomic mass is 16.5. The van der Waals surface area contributed by atoms with Crippen molar-refractivity contribution in [3.05, 3.63) is 65.9 Å². The first-order valence-electron chi connectivity index (χ1n) is 6.53. The molecular weight excluding hydrogens is 250 g/mol. The number of Topliss-reactive ketones (excluding diaryl/α,β-unsaturated/α-hetero) is 1. The topological polar surface area (TPSA) is 42.1 Å². The van der Waals surface area contributed by atoms with Gasteiger partial charge in [0.15, 0.2) is 5.78 Å². The normalized spacial score (nSPS) is 10.7. The van der Waals surface area contributed by atoms with Gasteiger partial charge in [0.25, 0.3) is 0 Å². The van der Waals surface area contributed by atoms with E-state index in [0.29, 0.717) is 12.2 Å².